The second-order valence-electron chi connectivity index (χ2n) is 3.00. The molecule has 66 valence electrons. The van der Waals surface area contributed by atoms with E-state index in [4.69, 9.17) is 23.2 Å². The lowest BCUT2D eigenvalue weighted by Gasteiger charge is -2.17. The van der Waals surface area contributed by atoms with E-state index in [-0.39, 0.29) is 0 Å². The van der Waals surface area contributed by atoms with Gasteiger partial charge in [0.05, 0.1) is 0 Å². The second kappa shape index (κ2) is 5.91. The lowest BCUT2D eigenvalue weighted by Crippen LogP contribution is -2.07. The molecule has 0 bridgehead atoms. The summed E-state index contributed by atoms with van der Waals surface area (Å²) >= 11 is 11.6. The Labute approximate surface area is 79.6 Å². The maximum Gasteiger partial charge on any atom is 0.0418 e. The maximum atomic E-state index is 6.02. The summed E-state index contributed by atoms with van der Waals surface area (Å²) in [6.07, 6.45) is 2.97. The highest BCUT2D eigenvalue weighted by atomic mass is 35.5. The molecule has 0 N–H and O–H groups in total. The van der Waals surface area contributed by atoms with Crippen LogP contribution in [-0.2, 0) is 0 Å². The summed E-state index contributed by atoms with van der Waals surface area (Å²) < 4.78 is 0. The van der Waals surface area contributed by atoms with Crippen molar-refractivity contribution < 1.29 is 0 Å². The molecule has 0 radical (unpaired) electrons. The Morgan fingerprint density at radius 3 is 2.27 bits per heavy atom. The topological polar surface area (TPSA) is 0 Å². The SMILES string of the molecule is CCC(C(Cl)=CCCl)C(C)C. The van der Waals surface area contributed by atoms with Gasteiger partial charge in [-0.15, -0.1) is 11.6 Å². The van der Waals surface area contributed by atoms with Gasteiger partial charge in [-0.1, -0.05) is 38.4 Å². The van der Waals surface area contributed by atoms with E-state index < -0.39 is 0 Å². The van der Waals surface area contributed by atoms with Crippen LogP contribution in [-0.4, -0.2) is 5.88 Å². The predicted octanol–water partition coefficient (Wildman–Crippen LogP) is 4.03. The Balaban J connectivity index is 4.13. The third-order valence-electron chi connectivity index (χ3n) is 1.87. The quantitative estimate of drug-likeness (QED) is 0.594. The number of alkyl halides is 1. The van der Waals surface area contributed by atoms with Crippen molar-refractivity contribution in [2.24, 2.45) is 11.8 Å². The highest BCUT2D eigenvalue weighted by molar-refractivity contribution is 6.30. The molecule has 0 aromatic heterocycles. The molecule has 0 aromatic carbocycles. The van der Waals surface area contributed by atoms with Crippen LogP contribution in [0, 0.1) is 11.8 Å². The first-order valence-electron chi connectivity index (χ1n) is 4.05. The van der Waals surface area contributed by atoms with Gasteiger partial charge < -0.3 is 0 Å². The van der Waals surface area contributed by atoms with E-state index in [1.165, 1.54) is 0 Å². The molecule has 0 aliphatic heterocycles. The average molecular weight is 195 g/mol. The molecular weight excluding hydrogens is 179 g/mol. The minimum absolute atomic E-state index is 0.482. The summed E-state index contributed by atoms with van der Waals surface area (Å²) in [6.45, 7) is 6.51. The molecule has 0 amide bonds. The number of rotatable bonds is 4. The van der Waals surface area contributed by atoms with Gasteiger partial charge in [0.1, 0.15) is 0 Å². The monoisotopic (exact) mass is 194 g/mol. The highest BCUT2D eigenvalue weighted by Gasteiger charge is 2.13. The average Bonchev–Trinajstić information content (AvgIpc) is 1.88. The third-order valence-corrected chi connectivity index (χ3v) is 2.46. The van der Waals surface area contributed by atoms with Gasteiger partial charge in [-0.2, -0.15) is 0 Å². The van der Waals surface area contributed by atoms with Crippen LogP contribution in [0.25, 0.3) is 0 Å². The number of allylic oxidation sites excluding steroid dienone is 2. The molecule has 0 aliphatic carbocycles. The summed E-state index contributed by atoms with van der Waals surface area (Å²) in [5.41, 5.74) is 0. The van der Waals surface area contributed by atoms with Crippen LogP contribution in [0.2, 0.25) is 0 Å². The first kappa shape index (κ1) is 11.3. The molecule has 0 saturated heterocycles. The van der Waals surface area contributed by atoms with Gasteiger partial charge in [-0.3, -0.25) is 0 Å². The molecule has 0 aromatic rings. The zero-order chi connectivity index (χ0) is 8.85. The fourth-order valence-electron chi connectivity index (χ4n) is 1.21. The predicted molar refractivity (Wildman–Crippen MR) is 53.3 cm³/mol. The van der Waals surface area contributed by atoms with Gasteiger partial charge in [-0.25, -0.2) is 0 Å². The van der Waals surface area contributed by atoms with E-state index in [1.807, 2.05) is 6.08 Å². The Bertz CT molecular complexity index is 128. The van der Waals surface area contributed by atoms with E-state index in [0.717, 1.165) is 11.5 Å². The van der Waals surface area contributed by atoms with E-state index in [0.29, 0.717) is 17.7 Å². The van der Waals surface area contributed by atoms with Crippen LogP contribution in [0.5, 0.6) is 0 Å². The number of halogens is 2. The number of hydrogen-bond donors (Lipinski definition) is 0. The van der Waals surface area contributed by atoms with Gasteiger partial charge in [-0.05, 0) is 18.3 Å². The van der Waals surface area contributed by atoms with Crippen molar-refractivity contribution in [1.29, 1.82) is 0 Å². The Morgan fingerprint density at radius 2 is 2.00 bits per heavy atom. The largest absolute Gasteiger partial charge is 0.122 e. The normalized spacial score (nSPS) is 15.6. The van der Waals surface area contributed by atoms with Crippen molar-refractivity contribution in [3.05, 3.63) is 11.1 Å². The molecule has 0 heterocycles. The standard InChI is InChI=1S/C9H16Cl2/c1-4-8(7(2)3)9(11)5-6-10/h5,7-8H,4,6H2,1-3H3. The third kappa shape index (κ3) is 4.03. The molecule has 0 aliphatic rings. The Kier molecular flexibility index (Phi) is 6.08. The summed E-state index contributed by atoms with van der Waals surface area (Å²) in [7, 11) is 0. The van der Waals surface area contributed by atoms with Crippen LogP contribution < -0.4 is 0 Å². The molecule has 0 saturated carbocycles. The molecule has 0 nitrogen and oxygen atoms in total. The number of hydrogen-bond acceptors (Lipinski definition) is 0. The molecule has 11 heavy (non-hydrogen) atoms. The summed E-state index contributed by atoms with van der Waals surface area (Å²) in [5, 5.41) is 0.914. The van der Waals surface area contributed by atoms with E-state index >= 15 is 0 Å². The zero-order valence-electron chi connectivity index (χ0n) is 7.40. The van der Waals surface area contributed by atoms with Crippen molar-refractivity contribution in [2.75, 3.05) is 5.88 Å². The van der Waals surface area contributed by atoms with Gasteiger partial charge in [0.2, 0.25) is 0 Å². The second-order valence-corrected chi connectivity index (χ2v) is 3.75. The molecule has 0 spiro atoms. The van der Waals surface area contributed by atoms with E-state index in [1.54, 1.807) is 0 Å². The summed E-state index contributed by atoms with van der Waals surface area (Å²) in [6, 6.07) is 0. The summed E-state index contributed by atoms with van der Waals surface area (Å²) in [5.74, 6) is 1.60. The first-order valence-corrected chi connectivity index (χ1v) is 4.96. The van der Waals surface area contributed by atoms with E-state index in [2.05, 4.69) is 20.8 Å². The van der Waals surface area contributed by atoms with Crippen LogP contribution in [0.4, 0.5) is 0 Å². The highest BCUT2D eigenvalue weighted by Crippen LogP contribution is 2.26. The van der Waals surface area contributed by atoms with Crippen molar-refractivity contribution in [3.8, 4) is 0 Å². The van der Waals surface area contributed by atoms with Crippen LogP contribution in [0.15, 0.2) is 11.1 Å². The lowest BCUT2D eigenvalue weighted by molar-refractivity contribution is 0.445. The van der Waals surface area contributed by atoms with Crippen molar-refractivity contribution in [1.82, 2.24) is 0 Å². The molecule has 0 fully saturated rings. The van der Waals surface area contributed by atoms with Crippen molar-refractivity contribution in [3.63, 3.8) is 0 Å². The minimum Gasteiger partial charge on any atom is -0.122 e. The fraction of sp³-hybridized carbons (Fsp3) is 0.778. The summed E-state index contributed by atoms with van der Waals surface area (Å²) in [4.78, 5) is 0. The molecule has 1 unspecified atom stereocenters. The Morgan fingerprint density at radius 1 is 1.45 bits per heavy atom. The van der Waals surface area contributed by atoms with Gasteiger partial charge in [0, 0.05) is 10.9 Å². The van der Waals surface area contributed by atoms with Gasteiger partial charge >= 0.3 is 0 Å². The molecule has 2 heteroatoms. The van der Waals surface area contributed by atoms with Crippen molar-refractivity contribution in [2.45, 2.75) is 27.2 Å². The van der Waals surface area contributed by atoms with Crippen molar-refractivity contribution >= 4 is 23.2 Å². The van der Waals surface area contributed by atoms with Gasteiger partial charge in [0.25, 0.3) is 0 Å². The van der Waals surface area contributed by atoms with Crippen LogP contribution in [0.1, 0.15) is 27.2 Å². The van der Waals surface area contributed by atoms with Gasteiger partial charge in [0.15, 0.2) is 0 Å². The molecule has 1 atom stereocenters. The minimum atomic E-state index is 0.482. The lowest BCUT2D eigenvalue weighted by atomic mass is 9.93. The molecular formula is C9H16Cl2. The zero-order valence-corrected chi connectivity index (χ0v) is 8.91. The maximum absolute atomic E-state index is 6.02. The Hall–Kier alpha value is 0.320. The molecule has 0 rings (SSSR count). The van der Waals surface area contributed by atoms with Crippen LogP contribution >= 0.6 is 23.2 Å². The first-order chi connectivity index (χ1) is 5.13. The smallest absolute Gasteiger partial charge is 0.0418 e. The van der Waals surface area contributed by atoms with Crippen LogP contribution in [0.3, 0.4) is 0 Å². The van der Waals surface area contributed by atoms with E-state index in [9.17, 15) is 0 Å². The fourth-order valence-corrected chi connectivity index (χ4v) is 1.94.